The molecule has 1 amide bonds. The molecule has 0 radical (unpaired) electrons. The van der Waals surface area contributed by atoms with Gasteiger partial charge in [0.2, 0.25) is 5.91 Å². The molecular formula is C21H27N3O2. The summed E-state index contributed by atoms with van der Waals surface area (Å²) in [5, 5.41) is 0.567. The number of rotatable bonds is 5. The molecular weight excluding hydrogens is 326 g/mol. The second-order valence-corrected chi connectivity index (χ2v) is 7.95. The van der Waals surface area contributed by atoms with Crippen molar-refractivity contribution in [1.29, 1.82) is 0 Å². The number of H-pyrrole nitrogens is 1. The van der Waals surface area contributed by atoms with Crippen LogP contribution in [0.1, 0.15) is 40.4 Å². The van der Waals surface area contributed by atoms with Gasteiger partial charge >= 0.3 is 0 Å². The first-order valence-corrected chi connectivity index (χ1v) is 9.17. The molecule has 1 aliphatic rings. The van der Waals surface area contributed by atoms with Gasteiger partial charge in [-0.3, -0.25) is 9.59 Å². The highest BCUT2D eigenvalue weighted by Crippen LogP contribution is 2.60. The van der Waals surface area contributed by atoms with Gasteiger partial charge in [-0.1, -0.05) is 37.6 Å². The summed E-state index contributed by atoms with van der Waals surface area (Å²) in [7, 11) is 0. The monoisotopic (exact) mass is 353 g/mol. The summed E-state index contributed by atoms with van der Waals surface area (Å²) in [4.78, 5) is 34.5. The fourth-order valence-electron chi connectivity index (χ4n) is 3.75. The summed E-state index contributed by atoms with van der Waals surface area (Å²) >= 11 is 0. The third-order valence-electron chi connectivity index (χ3n) is 5.39. The van der Waals surface area contributed by atoms with E-state index in [1.54, 1.807) is 11.0 Å². The molecule has 1 aliphatic carbocycles. The molecule has 138 valence electrons. The van der Waals surface area contributed by atoms with Crippen LogP contribution in [0.15, 0.2) is 40.7 Å². The second-order valence-electron chi connectivity index (χ2n) is 7.95. The molecule has 5 heteroatoms. The lowest BCUT2D eigenvalue weighted by molar-refractivity contribution is -0.134. The highest BCUT2D eigenvalue weighted by molar-refractivity contribution is 5.84. The number of carbonyl (C=O) groups is 1. The highest BCUT2D eigenvalue weighted by atomic mass is 16.2. The molecule has 1 aromatic carbocycles. The number of aromatic amines is 1. The SMILES string of the molecule is CCN(Cc1nc2ccccc2c(=O)[nH]1)C(=O)[C@H]1[C@H](C=C(C)C)C1(C)C. The van der Waals surface area contributed by atoms with E-state index in [2.05, 4.69) is 43.7 Å². The Morgan fingerprint density at radius 2 is 2.00 bits per heavy atom. The van der Waals surface area contributed by atoms with Gasteiger partial charge in [-0.05, 0) is 44.2 Å². The summed E-state index contributed by atoms with van der Waals surface area (Å²) in [6.45, 7) is 11.3. The summed E-state index contributed by atoms with van der Waals surface area (Å²) in [6, 6.07) is 7.25. The highest BCUT2D eigenvalue weighted by Gasteiger charge is 2.61. The predicted molar refractivity (Wildman–Crippen MR) is 104 cm³/mol. The Balaban J connectivity index is 1.83. The van der Waals surface area contributed by atoms with Gasteiger partial charge in [-0.2, -0.15) is 0 Å². The van der Waals surface area contributed by atoms with Crippen molar-refractivity contribution in [3.05, 3.63) is 52.1 Å². The van der Waals surface area contributed by atoms with Gasteiger partial charge in [0.05, 0.1) is 23.4 Å². The maximum absolute atomic E-state index is 13.1. The average Bonchev–Trinajstić information content (AvgIpc) is 3.11. The van der Waals surface area contributed by atoms with E-state index in [1.807, 2.05) is 25.1 Å². The molecule has 0 unspecified atom stereocenters. The van der Waals surface area contributed by atoms with Crippen LogP contribution in [0.2, 0.25) is 0 Å². The first-order chi connectivity index (χ1) is 12.3. The summed E-state index contributed by atoms with van der Waals surface area (Å²) < 4.78 is 0. The molecule has 1 fully saturated rings. The van der Waals surface area contributed by atoms with Crippen molar-refractivity contribution in [2.24, 2.45) is 17.3 Å². The van der Waals surface area contributed by atoms with Crippen molar-refractivity contribution in [1.82, 2.24) is 14.9 Å². The van der Waals surface area contributed by atoms with Crippen LogP contribution < -0.4 is 5.56 Å². The lowest BCUT2D eigenvalue weighted by atomic mass is 10.1. The zero-order chi connectivity index (χ0) is 19.1. The lowest BCUT2D eigenvalue weighted by Crippen LogP contribution is -2.34. The first kappa shape index (κ1) is 18.4. The van der Waals surface area contributed by atoms with Crippen LogP contribution in [0.25, 0.3) is 10.9 Å². The Labute approximate surface area is 154 Å². The van der Waals surface area contributed by atoms with Crippen molar-refractivity contribution >= 4 is 16.8 Å². The van der Waals surface area contributed by atoms with Gasteiger partial charge in [0.1, 0.15) is 5.82 Å². The molecule has 1 N–H and O–H groups in total. The van der Waals surface area contributed by atoms with Gasteiger partial charge in [0, 0.05) is 6.54 Å². The Hall–Kier alpha value is -2.43. The maximum Gasteiger partial charge on any atom is 0.258 e. The van der Waals surface area contributed by atoms with E-state index in [-0.39, 0.29) is 28.7 Å². The van der Waals surface area contributed by atoms with E-state index in [0.717, 1.165) is 0 Å². The molecule has 1 saturated carbocycles. The molecule has 0 spiro atoms. The molecule has 2 atom stereocenters. The largest absolute Gasteiger partial charge is 0.335 e. The Bertz CT molecular complexity index is 922. The molecule has 1 heterocycles. The smallest absolute Gasteiger partial charge is 0.258 e. The van der Waals surface area contributed by atoms with Gasteiger partial charge in [-0.15, -0.1) is 0 Å². The normalized spacial score (nSPS) is 20.7. The molecule has 26 heavy (non-hydrogen) atoms. The number of para-hydroxylation sites is 1. The summed E-state index contributed by atoms with van der Waals surface area (Å²) in [5.41, 5.74) is 1.71. The van der Waals surface area contributed by atoms with E-state index >= 15 is 0 Å². The number of fused-ring (bicyclic) bond motifs is 1. The van der Waals surface area contributed by atoms with Crippen molar-refractivity contribution in [3.63, 3.8) is 0 Å². The fourth-order valence-corrected chi connectivity index (χ4v) is 3.75. The number of nitrogens with zero attached hydrogens (tertiary/aromatic N) is 2. The molecule has 0 saturated heterocycles. The number of aromatic nitrogens is 2. The minimum absolute atomic E-state index is 0.00970. The van der Waals surface area contributed by atoms with Crippen LogP contribution in [0.3, 0.4) is 0 Å². The molecule has 0 bridgehead atoms. The molecule has 3 rings (SSSR count). The van der Waals surface area contributed by atoms with E-state index in [1.165, 1.54) is 5.57 Å². The van der Waals surface area contributed by atoms with E-state index in [9.17, 15) is 9.59 Å². The number of amides is 1. The van der Waals surface area contributed by atoms with Crippen LogP contribution in [0.5, 0.6) is 0 Å². The fraction of sp³-hybridized carbons (Fsp3) is 0.476. The number of allylic oxidation sites excluding steroid dienone is 2. The van der Waals surface area contributed by atoms with Crippen LogP contribution in [-0.2, 0) is 11.3 Å². The average molecular weight is 353 g/mol. The van der Waals surface area contributed by atoms with Crippen LogP contribution in [0, 0.1) is 17.3 Å². The number of hydrogen-bond donors (Lipinski definition) is 1. The molecule has 5 nitrogen and oxygen atoms in total. The van der Waals surface area contributed by atoms with Gasteiger partial charge in [0.25, 0.3) is 5.56 Å². The van der Waals surface area contributed by atoms with Gasteiger partial charge in [0.15, 0.2) is 0 Å². The topological polar surface area (TPSA) is 66.1 Å². The lowest BCUT2D eigenvalue weighted by Gasteiger charge is -2.21. The predicted octanol–water partition coefficient (Wildman–Crippen LogP) is 3.51. The zero-order valence-electron chi connectivity index (χ0n) is 16.2. The van der Waals surface area contributed by atoms with Crippen molar-refractivity contribution in [2.75, 3.05) is 6.54 Å². The minimum Gasteiger partial charge on any atom is -0.335 e. The van der Waals surface area contributed by atoms with E-state index < -0.39 is 0 Å². The molecule has 2 aromatic rings. The third kappa shape index (κ3) is 3.30. The molecule has 0 aliphatic heterocycles. The van der Waals surface area contributed by atoms with E-state index in [4.69, 9.17) is 0 Å². The molecule has 1 aromatic heterocycles. The van der Waals surface area contributed by atoms with Gasteiger partial charge in [-0.25, -0.2) is 4.98 Å². The quantitative estimate of drug-likeness (QED) is 0.837. The summed E-state index contributed by atoms with van der Waals surface area (Å²) in [6.07, 6.45) is 2.20. The maximum atomic E-state index is 13.1. The Morgan fingerprint density at radius 1 is 1.31 bits per heavy atom. The first-order valence-electron chi connectivity index (χ1n) is 9.17. The number of carbonyl (C=O) groups excluding carboxylic acids is 1. The summed E-state index contributed by atoms with van der Waals surface area (Å²) in [5.74, 6) is 0.930. The number of benzene rings is 1. The van der Waals surface area contributed by atoms with Gasteiger partial charge < -0.3 is 9.88 Å². The Kier molecular flexibility index (Phi) is 4.74. The minimum atomic E-state index is -0.164. The number of hydrogen-bond acceptors (Lipinski definition) is 3. The zero-order valence-corrected chi connectivity index (χ0v) is 16.2. The Morgan fingerprint density at radius 3 is 2.65 bits per heavy atom. The number of nitrogens with one attached hydrogen (secondary N) is 1. The van der Waals surface area contributed by atoms with Crippen molar-refractivity contribution in [2.45, 2.75) is 41.2 Å². The second kappa shape index (κ2) is 6.71. The van der Waals surface area contributed by atoms with Crippen molar-refractivity contribution in [3.8, 4) is 0 Å². The van der Waals surface area contributed by atoms with Crippen LogP contribution >= 0.6 is 0 Å². The third-order valence-corrected chi connectivity index (χ3v) is 5.39. The van der Waals surface area contributed by atoms with E-state index in [0.29, 0.717) is 29.8 Å². The standard InChI is InChI=1S/C21H27N3O2/c1-6-24(20(26)18-15(11-13(2)3)21(18,4)5)12-17-22-16-10-8-7-9-14(16)19(25)23-17/h7-11,15,18H,6,12H2,1-5H3,(H,22,23,25)/t15-,18+/m0/s1. The van der Waals surface area contributed by atoms with Crippen LogP contribution in [0.4, 0.5) is 0 Å². The van der Waals surface area contributed by atoms with Crippen molar-refractivity contribution < 1.29 is 4.79 Å². The van der Waals surface area contributed by atoms with Crippen LogP contribution in [-0.4, -0.2) is 27.3 Å².